The van der Waals surface area contributed by atoms with Crippen molar-refractivity contribution in [2.45, 2.75) is 58.0 Å². The number of rotatable bonds is 6. The molecule has 0 saturated carbocycles. The maximum Gasteiger partial charge on any atom is 0.410 e. The molecule has 0 aromatic carbocycles. The van der Waals surface area contributed by atoms with Crippen molar-refractivity contribution in [2.24, 2.45) is 0 Å². The van der Waals surface area contributed by atoms with Gasteiger partial charge in [0.2, 0.25) is 0 Å². The van der Waals surface area contributed by atoms with Gasteiger partial charge >= 0.3 is 6.09 Å². The average Bonchev–Trinajstić information content (AvgIpc) is 3.56. The fraction of sp³-hybridized carbons (Fsp3) is 0.464. The van der Waals surface area contributed by atoms with Crippen LogP contribution in [-0.4, -0.2) is 73.0 Å². The van der Waals surface area contributed by atoms with Crippen molar-refractivity contribution in [3.63, 3.8) is 0 Å². The second-order valence-corrected chi connectivity index (χ2v) is 11.0. The zero-order chi connectivity index (χ0) is 27.8. The fourth-order valence-corrected chi connectivity index (χ4v) is 5.01. The van der Waals surface area contributed by atoms with Crippen molar-refractivity contribution < 1.29 is 18.7 Å². The van der Waals surface area contributed by atoms with Gasteiger partial charge in [0.05, 0.1) is 22.8 Å². The molecule has 0 radical (unpaired) electrons. The quantitative estimate of drug-likeness (QED) is 0.373. The van der Waals surface area contributed by atoms with Crippen molar-refractivity contribution in [1.29, 1.82) is 0 Å². The molecule has 0 bridgehead atoms. The van der Waals surface area contributed by atoms with Gasteiger partial charge in [-0.15, -0.1) is 0 Å². The van der Waals surface area contributed by atoms with E-state index in [1.807, 2.05) is 39.1 Å². The van der Waals surface area contributed by atoms with E-state index in [1.165, 1.54) is 12.4 Å². The van der Waals surface area contributed by atoms with Crippen LogP contribution in [0.2, 0.25) is 0 Å². The monoisotopic (exact) mass is 535 g/mol. The van der Waals surface area contributed by atoms with Crippen molar-refractivity contribution in [1.82, 2.24) is 34.4 Å². The van der Waals surface area contributed by atoms with Crippen LogP contribution in [0.4, 0.5) is 9.18 Å². The predicted octanol–water partition coefficient (Wildman–Crippen LogP) is 4.93. The number of H-pyrrole nitrogens is 1. The molecule has 39 heavy (non-hydrogen) atoms. The normalized spacial score (nSPS) is 15.6. The molecule has 1 saturated heterocycles. The van der Waals surface area contributed by atoms with Gasteiger partial charge in [0.25, 0.3) is 0 Å². The lowest BCUT2D eigenvalue weighted by Crippen LogP contribution is -2.47. The number of likely N-dealkylation sites (tertiary alicyclic amines) is 1. The van der Waals surface area contributed by atoms with E-state index < -0.39 is 5.60 Å². The number of nitrogens with zero attached hydrogens (tertiary/aromatic N) is 6. The molecule has 1 fully saturated rings. The largest absolute Gasteiger partial charge is 0.444 e. The highest BCUT2D eigenvalue weighted by Crippen LogP contribution is 2.41. The highest BCUT2D eigenvalue weighted by molar-refractivity contribution is 5.77. The Morgan fingerprint density at radius 1 is 1.15 bits per heavy atom. The molecule has 1 amide bonds. The summed E-state index contributed by atoms with van der Waals surface area (Å²) in [6.45, 7) is 8.84. The Hall–Kier alpha value is -3.86. The number of hydrogen-bond donors (Lipinski definition) is 1. The van der Waals surface area contributed by atoms with Gasteiger partial charge in [-0.25, -0.2) is 28.7 Å². The minimum absolute atomic E-state index is 0.307. The first-order chi connectivity index (χ1) is 18.6. The standard InChI is InChI=1S/C28H34FN7O3/c1-18-20(29)7-8-21(32-18)24-23(19-6-9-22-30-17-31-36(22)16-19)33-25(34-24)28(12-15-38-5)10-13-35(14-11-28)26(37)39-27(2,3)4/h6-9,16-17H,10-15H2,1-5H3,(H,33,34). The van der Waals surface area contributed by atoms with E-state index in [1.54, 1.807) is 29.5 Å². The van der Waals surface area contributed by atoms with E-state index in [4.69, 9.17) is 14.5 Å². The number of aryl methyl sites for hydroxylation is 1. The summed E-state index contributed by atoms with van der Waals surface area (Å²) in [5.74, 6) is 0.422. The lowest BCUT2D eigenvalue weighted by atomic mass is 9.75. The summed E-state index contributed by atoms with van der Waals surface area (Å²) >= 11 is 0. The Morgan fingerprint density at radius 2 is 1.92 bits per heavy atom. The predicted molar refractivity (Wildman–Crippen MR) is 144 cm³/mol. The van der Waals surface area contributed by atoms with Crippen molar-refractivity contribution in [3.05, 3.63) is 54.1 Å². The second kappa shape index (κ2) is 10.4. The Balaban J connectivity index is 1.56. The van der Waals surface area contributed by atoms with Crippen LogP contribution < -0.4 is 0 Å². The molecule has 0 aliphatic carbocycles. The first-order valence-corrected chi connectivity index (χ1v) is 13.1. The number of aromatic nitrogens is 6. The van der Waals surface area contributed by atoms with Crippen molar-refractivity contribution >= 4 is 11.7 Å². The lowest BCUT2D eigenvalue weighted by Gasteiger charge is -2.40. The SMILES string of the molecule is COCCC1(c2nc(-c3ccc4ncnn4c3)c(-c3ccc(F)c(C)n3)[nH]2)CCN(C(=O)OC(C)(C)C)CC1. The Labute approximate surface area is 226 Å². The van der Waals surface area contributed by atoms with Crippen LogP contribution in [-0.2, 0) is 14.9 Å². The molecule has 4 aromatic heterocycles. The first-order valence-electron chi connectivity index (χ1n) is 13.1. The van der Waals surface area contributed by atoms with Gasteiger partial charge in [-0.3, -0.25) is 0 Å². The fourth-order valence-electron chi connectivity index (χ4n) is 5.01. The number of hydrogen-bond acceptors (Lipinski definition) is 7. The molecular weight excluding hydrogens is 501 g/mol. The third-order valence-corrected chi connectivity index (χ3v) is 7.19. The summed E-state index contributed by atoms with van der Waals surface area (Å²) < 4.78 is 26.9. The smallest absolute Gasteiger partial charge is 0.410 e. The van der Waals surface area contributed by atoms with E-state index in [0.717, 1.165) is 23.5 Å². The van der Waals surface area contributed by atoms with Gasteiger partial charge in [0, 0.05) is 44.0 Å². The number of nitrogens with one attached hydrogen (secondary N) is 1. The third kappa shape index (κ3) is 5.49. The van der Waals surface area contributed by atoms with Gasteiger partial charge in [0.15, 0.2) is 5.65 Å². The number of methoxy groups -OCH3 is 1. The molecule has 0 spiro atoms. The van der Waals surface area contributed by atoms with Gasteiger partial charge in [-0.1, -0.05) is 0 Å². The van der Waals surface area contributed by atoms with Crippen molar-refractivity contribution in [3.8, 4) is 22.6 Å². The minimum atomic E-state index is -0.558. The van der Waals surface area contributed by atoms with E-state index in [9.17, 15) is 9.18 Å². The second-order valence-electron chi connectivity index (χ2n) is 11.0. The summed E-state index contributed by atoms with van der Waals surface area (Å²) in [5, 5.41) is 4.27. The van der Waals surface area contributed by atoms with Crippen LogP contribution in [0.3, 0.4) is 0 Å². The summed E-state index contributed by atoms with van der Waals surface area (Å²) in [6.07, 6.45) is 5.14. The Morgan fingerprint density at radius 3 is 2.62 bits per heavy atom. The van der Waals surface area contributed by atoms with Crippen LogP contribution >= 0.6 is 0 Å². The number of pyridine rings is 2. The number of piperidine rings is 1. The molecule has 1 N–H and O–H groups in total. The van der Waals surface area contributed by atoms with E-state index in [-0.39, 0.29) is 17.3 Å². The maximum atomic E-state index is 14.1. The van der Waals surface area contributed by atoms with Crippen molar-refractivity contribution in [2.75, 3.05) is 26.8 Å². The average molecular weight is 536 g/mol. The summed E-state index contributed by atoms with van der Waals surface area (Å²) in [6, 6.07) is 6.90. The summed E-state index contributed by atoms with van der Waals surface area (Å²) in [4.78, 5) is 32.0. The van der Waals surface area contributed by atoms with Gasteiger partial charge in [0.1, 0.15) is 23.6 Å². The first kappa shape index (κ1) is 26.7. The van der Waals surface area contributed by atoms with E-state index in [2.05, 4.69) is 20.1 Å². The van der Waals surface area contributed by atoms with E-state index >= 15 is 0 Å². The van der Waals surface area contributed by atoms with Crippen LogP contribution in [0.25, 0.3) is 28.3 Å². The van der Waals surface area contributed by atoms with Gasteiger partial charge in [-0.05, 0) is 71.2 Å². The summed E-state index contributed by atoms with van der Waals surface area (Å²) in [7, 11) is 1.68. The van der Waals surface area contributed by atoms with Gasteiger partial charge < -0.3 is 19.4 Å². The van der Waals surface area contributed by atoms with Crippen LogP contribution in [0.5, 0.6) is 0 Å². The number of fused-ring (bicyclic) bond motifs is 1. The zero-order valence-electron chi connectivity index (χ0n) is 23.0. The molecule has 206 valence electrons. The zero-order valence-corrected chi connectivity index (χ0v) is 23.0. The molecule has 0 unspecified atom stereocenters. The number of aromatic amines is 1. The molecule has 10 nitrogen and oxygen atoms in total. The molecule has 1 aliphatic rings. The molecule has 5 heterocycles. The third-order valence-electron chi connectivity index (χ3n) is 7.19. The maximum absolute atomic E-state index is 14.1. The molecule has 1 aliphatic heterocycles. The van der Waals surface area contributed by atoms with Crippen LogP contribution in [0.15, 0.2) is 36.8 Å². The molecule has 5 rings (SSSR count). The molecular formula is C28H34FN7O3. The minimum Gasteiger partial charge on any atom is -0.444 e. The number of amides is 1. The topological polar surface area (TPSA) is 111 Å². The Kier molecular flexibility index (Phi) is 7.11. The molecule has 4 aromatic rings. The number of halogens is 1. The number of carbonyl (C=O) groups excluding carboxylic acids is 1. The summed E-state index contributed by atoms with van der Waals surface area (Å²) in [5.41, 5.74) is 2.90. The van der Waals surface area contributed by atoms with Gasteiger partial charge in [-0.2, -0.15) is 5.10 Å². The van der Waals surface area contributed by atoms with Crippen LogP contribution in [0.1, 0.15) is 51.6 Å². The number of imidazole rings is 1. The number of ether oxygens (including phenoxy) is 2. The lowest BCUT2D eigenvalue weighted by molar-refractivity contribution is 0.0139. The highest BCUT2D eigenvalue weighted by Gasteiger charge is 2.41. The Bertz CT molecular complexity index is 1480. The van der Waals surface area contributed by atoms with Crippen LogP contribution in [0, 0.1) is 12.7 Å². The molecule has 11 heteroatoms. The van der Waals surface area contributed by atoms with E-state index in [0.29, 0.717) is 55.3 Å². The highest BCUT2D eigenvalue weighted by atomic mass is 19.1. The number of carbonyl (C=O) groups is 1. The molecule has 0 atom stereocenters.